The highest BCUT2D eigenvalue weighted by molar-refractivity contribution is 6.17. The van der Waals surface area contributed by atoms with Crippen LogP contribution in [-0.2, 0) is 18.7 Å². The zero-order valence-corrected chi connectivity index (χ0v) is 11.6. The Labute approximate surface area is 121 Å². The molecule has 1 heterocycles. The Balaban J connectivity index is 2.10. The Hall–Kier alpha value is -1.88. The molecule has 5 nitrogen and oxygen atoms in total. The smallest absolute Gasteiger partial charge is 0.269 e. The summed E-state index contributed by atoms with van der Waals surface area (Å²) in [4.78, 5) is 14.9. The summed E-state index contributed by atoms with van der Waals surface area (Å²) >= 11 is 5.95. The first kappa shape index (κ1) is 13.1. The molecule has 0 atom stereocenters. The highest BCUT2D eigenvalue weighted by Crippen LogP contribution is 2.27. The summed E-state index contributed by atoms with van der Waals surface area (Å²) < 4.78 is 2.02. The number of non-ortho nitro benzene ring substituents is 1. The Bertz CT molecular complexity index is 666. The number of alkyl halides is 1. The van der Waals surface area contributed by atoms with Crippen molar-refractivity contribution in [3.63, 3.8) is 0 Å². The average Bonchev–Trinajstić information content (AvgIpc) is 2.90. The normalized spacial score (nSPS) is 14.1. The maximum absolute atomic E-state index is 10.8. The van der Waals surface area contributed by atoms with E-state index in [1.54, 1.807) is 12.4 Å². The van der Waals surface area contributed by atoms with E-state index in [-0.39, 0.29) is 11.6 Å². The molecule has 1 aliphatic rings. The molecule has 104 valence electrons. The molecule has 1 aliphatic carbocycles. The maximum atomic E-state index is 10.8. The van der Waals surface area contributed by atoms with Gasteiger partial charge in [-0.3, -0.25) is 10.1 Å². The standard InChI is InChI=1S/C14H14ClN3O2/c15-8-10-7-11(18(19)20)5-6-13(10)17-9-16-12-3-1-2-4-14(12)17/h5-7,9H,1-4,8H2. The fraction of sp³-hybridized carbons (Fsp3) is 0.357. The van der Waals surface area contributed by atoms with E-state index in [1.807, 2.05) is 4.57 Å². The maximum Gasteiger partial charge on any atom is 0.269 e. The van der Waals surface area contributed by atoms with Gasteiger partial charge in [0.05, 0.1) is 22.6 Å². The van der Waals surface area contributed by atoms with E-state index in [4.69, 9.17) is 11.6 Å². The summed E-state index contributed by atoms with van der Waals surface area (Å²) in [5, 5.41) is 10.8. The predicted molar refractivity (Wildman–Crippen MR) is 76.4 cm³/mol. The number of halogens is 1. The van der Waals surface area contributed by atoms with Crippen LogP contribution < -0.4 is 0 Å². The third-order valence-electron chi connectivity index (χ3n) is 3.71. The molecule has 0 N–H and O–H groups in total. The van der Waals surface area contributed by atoms with Gasteiger partial charge in [0.1, 0.15) is 0 Å². The molecule has 1 aromatic carbocycles. The van der Waals surface area contributed by atoms with Gasteiger partial charge in [-0.2, -0.15) is 0 Å². The highest BCUT2D eigenvalue weighted by atomic mass is 35.5. The average molecular weight is 292 g/mol. The van der Waals surface area contributed by atoms with Crippen LogP contribution in [0, 0.1) is 10.1 Å². The topological polar surface area (TPSA) is 61.0 Å². The monoisotopic (exact) mass is 291 g/mol. The minimum atomic E-state index is -0.400. The van der Waals surface area contributed by atoms with E-state index >= 15 is 0 Å². The molecule has 3 rings (SSSR count). The summed E-state index contributed by atoms with van der Waals surface area (Å²) in [7, 11) is 0. The summed E-state index contributed by atoms with van der Waals surface area (Å²) in [6, 6.07) is 4.81. The van der Waals surface area contributed by atoms with Gasteiger partial charge in [-0.05, 0) is 37.3 Å². The van der Waals surface area contributed by atoms with Gasteiger partial charge in [0.15, 0.2) is 0 Å². The van der Waals surface area contributed by atoms with Crippen LogP contribution >= 0.6 is 11.6 Å². The zero-order valence-electron chi connectivity index (χ0n) is 10.9. The summed E-state index contributed by atoms with van der Waals surface area (Å²) in [6.07, 6.45) is 6.13. The molecule has 1 aromatic heterocycles. The number of imidazole rings is 1. The first-order chi connectivity index (χ1) is 9.70. The number of nitro groups is 1. The van der Waals surface area contributed by atoms with Gasteiger partial charge in [0.2, 0.25) is 0 Å². The number of nitro benzene ring substituents is 1. The van der Waals surface area contributed by atoms with Gasteiger partial charge >= 0.3 is 0 Å². The molecule has 0 saturated heterocycles. The number of hydrogen-bond acceptors (Lipinski definition) is 3. The van der Waals surface area contributed by atoms with Crippen molar-refractivity contribution in [2.75, 3.05) is 0 Å². The van der Waals surface area contributed by atoms with Crippen molar-refractivity contribution in [1.82, 2.24) is 9.55 Å². The molecule has 0 spiro atoms. The number of hydrogen-bond donors (Lipinski definition) is 0. The third-order valence-corrected chi connectivity index (χ3v) is 4.00. The van der Waals surface area contributed by atoms with Crippen LogP contribution in [0.3, 0.4) is 0 Å². The van der Waals surface area contributed by atoms with Gasteiger partial charge in [-0.25, -0.2) is 4.98 Å². The molecular formula is C14H14ClN3O2. The van der Waals surface area contributed by atoms with Crippen molar-refractivity contribution in [3.8, 4) is 5.69 Å². The van der Waals surface area contributed by atoms with Crippen LogP contribution in [0.2, 0.25) is 0 Å². The minimum absolute atomic E-state index is 0.0679. The quantitative estimate of drug-likeness (QED) is 0.495. The van der Waals surface area contributed by atoms with Crippen molar-refractivity contribution in [2.45, 2.75) is 31.6 Å². The number of aromatic nitrogens is 2. The second-order valence-electron chi connectivity index (χ2n) is 4.92. The van der Waals surface area contributed by atoms with Crippen LogP contribution in [0.5, 0.6) is 0 Å². The second kappa shape index (κ2) is 5.25. The first-order valence-electron chi connectivity index (χ1n) is 6.59. The van der Waals surface area contributed by atoms with Crippen molar-refractivity contribution in [2.24, 2.45) is 0 Å². The number of nitrogens with zero attached hydrogens (tertiary/aromatic N) is 3. The number of benzene rings is 1. The van der Waals surface area contributed by atoms with E-state index in [0.29, 0.717) is 0 Å². The molecule has 0 aliphatic heterocycles. The van der Waals surface area contributed by atoms with Crippen molar-refractivity contribution < 1.29 is 4.92 Å². The van der Waals surface area contributed by atoms with E-state index in [1.165, 1.54) is 24.2 Å². The molecule has 0 amide bonds. The number of rotatable bonds is 3. The van der Waals surface area contributed by atoms with Gasteiger partial charge in [-0.15, -0.1) is 11.6 Å². The summed E-state index contributed by atoms with van der Waals surface area (Å²) in [5.74, 6) is 0.240. The van der Waals surface area contributed by atoms with Crippen LogP contribution in [0.15, 0.2) is 24.5 Å². The minimum Gasteiger partial charge on any atom is -0.303 e. The Morgan fingerprint density at radius 2 is 2.15 bits per heavy atom. The lowest BCUT2D eigenvalue weighted by molar-refractivity contribution is -0.384. The van der Waals surface area contributed by atoms with Crippen molar-refractivity contribution in [1.29, 1.82) is 0 Å². The molecule has 2 aromatic rings. The zero-order chi connectivity index (χ0) is 14.1. The van der Waals surface area contributed by atoms with E-state index in [9.17, 15) is 10.1 Å². The lowest BCUT2D eigenvalue weighted by Crippen LogP contribution is -2.08. The van der Waals surface area contributed by atoms with E-state index < -0.39 is 4.92 Å². The molecule has 0 fully saturated rings. The first-order valence-corrected chi connectivity index (χ1v) is 7.13. The molecule has 0 radical (unpaired) electrons. The largest absolute Gasteiger partial charge is 0.303 e. The highest BCUT2D eigenvalue weighted by Gasteiger charge is 2.18. The van der Waals surface area contributed by atoms with E-state index in [0.717, 1.165) is 36.2 Å². The fourth-order valence-corrected chi connectivity index (χ4v) is 2.92. The van der Waals surface area contributed by atoms with E-state index in [2.05, 4.69) is 4.98 Å². The second-order valence-corrected chi connectivity index (χ2v) is 5.19. The lowest BCUT2D eigenvalue weighted by atomic mass is 10.0. The third kappa shape index (κ3) is 2.18. The van der Waals surface area contributed by atoms with Crippen molar-refractivity contribution >= 4 is 17.3 Å². The Kier molecular flexibility index (Phi) is 3.44. The molecule has 20 heavy (non-hydrogen) atoms. The predicted octanol–water partition coefficient (Wildman–Crippen LogP) is 3.40. The van der Waals surface area contributed by atoms with Crippen molar-refractivity contribution in [3.05, 3.63) is 51.6 Å². The van der Waals surface area contributed by atoms with Crippen LogP contribution in [0.1, 0.15) is 29.8 Å². The molecule has 0 saturated carbocycles. The van der Waals surface area contributed by atoms with Gasteiger partial charge < -0.3 is 4.57 Å². The Morgan fingerprint density at radius 3 is 2.90 bits per heavy atom. The number of aryl methyl sites for hydroxylation is 1. The molecule has 0 bridgehead atoms. The van der Waals surface area contributed by atoms with Crippen LogP contribution in [0.4, 0.5) is 5.69 Å². The fourth-order valence-electron chi connectivity index (χ4n) is 2.70. The lowest BCUT2D eigenvalue weighted by Gasteiger charge is -2.15. The van der Waals surface area contributed by atoms with Gasteiger partial charge in [-0.1, -0.05) is 0 Å². The SMILES string of the molecule is O=[N+]([O-])c1ccc(-n2cnc3c2CCCC3)c(CCl)c1. The Morgan fingerprint density at radius 1 is 1.35 bits per heavy atom. The molecule has 6 heteroatoms. The van der Waals surface area contributed by atoms with Gasteiger partial charge in [0, 0.05) is 23.7 Å². The molecule has 0 unspecified atom stereocenters. The van der Waals surface area contributed by atoms with Gasteiger partial charge in [0.25, 0.3) is 5.69 Å². The number of fused-ring (bicyclic) bond motifs is 1. The summed E-state index contributed by atoms with van der Waals surface area (Å²) in [6.45, 7) is 0. The van der Waals surface area contributed by atoms with Crippen LogP contribution in [-0.4, -0.2) is 14.5 Å². The molecular weight excluding hydrogens is 278 g/mol. The summed E-state index contributed by atoms with van der Waals surface area (Å²) in [5.41, 5.74) is 4.05. The van der Waals surface area contributed by atoms with Crippen LogP contribution in [0.25, 0.3) is 5.69 Å².